The fourth-order valence-corrected chi connectivity index (χ4v) is 1.73. The lowest BCUT2D eigenvalue weighted by atomic mass is 10.3. The van der Waals surface area contributed by atoms with Gasteiger partial charge in [-0.2, -0.15) is 0 Å². The van der Waals surface area contributed by atoms with Crippen molar-refractivity contribution in [2.45, 2.75) is 4.90 Å². The summed E-state index contributed by atoms with van der Waals surface area (Å²) >= 11 is -1.01. The Labute approximate surface area is 77.2 Å². The molecule has 2 rings (SSSR count). The van der Waals surface area contributed by atoms with E-state index in [-0.39, 0.29) is 5.69 Å². The van der Waals surface area contributed by atoms with Crippen LogP contribution in [0.3, 0.4) is 0 Å². The fraction of sp³-hybridized carbons (Fsp3) is 0.125. The van der Waals surface area contributed by atoms with Gasteiger partial charge in [0.25, 0.3) is 0 Å². The van der Waals surface area contributed by atoms with Gasteiger partial charge in [0.05, 0.1) is 11.0 Å². The van der Waals surface area contributed by atoms with Crippen LogP contribution < -0.4 is 5.69 Å². The first kappa shape index (κ1) is 8.40. The van der Waals surface area contributed by atoms with Crippen LogP contribution in [0.1, 0.15) is 0 Å². The van der Waals surface area contributed by atoms with Gasteiger partial charge in [-0.1, -0.05) is 0 Å². The molecule has 2 N–H and O–H groups in total. The summed E-state index contributed by atoms with van der Waals surface area (Å²) in [5.41, 5.74) is 1.19. The van der Waals surface area contributed by atoms with Crippen molar-refractivity contribution in [3.8, 4) is 0 Å². The van der Waals surface area contributed by atoms with Gasteiger partial charge >= 0.3 is 5.69 Å². The predicted octanol–water partition coefficient (Wildman–Crippen LogP) is 0.594. The van der Waals surface area contributed by atoms with E-state index in [1.165, 1.54) is 0 Å². The Morgan fingerprint density at radius 2 is 2.00 bits per heavy atom. The van der Waals surface area contributed by atoms with Crippen LogP contribution >= 0.6 is 0 Å². The first-order valence-electron chi connectivity index (χ1n) is 3.72. The van der Waals surface area contributed by atoms with Crippen molar-refractivity contribution >= 4 is 22.2 Å². The number of fused-ring (bicyclic) bond motifs is 1. The van der Waals surface area contributed by atoms with Crippen molar-refractivity contribution in [3.63, 3.8) is 0 Å². The Morgan fingerprint density at radius 3 is 2.69 bits per heavy atom. The van der Waals surface area contributed by atoms with Crippen LogP contribution in [0, 0.1) is 0 Å². The molecule has 0 radical (unpaired) electrons. The molecule has 0 saturated carbocycles. The molecule has 4 nitrogen and oxygen atoms in total. The standard InChI is InChI=1S/C8H8N2O2S/c1-13(12)5-2-3-6-7(4-5)10-8(11)9-6/h2-4H,1H3,(H2,9,10,11). The van der Waals surface area contributed by atoms with Crippen molar-refractivity contribution in [1.82, 2.24) is 9.97 Å². The summed E-state index contributed by atoms with van der Waals surface area (Å²) in [6.45, 7) is 0. The van der Waals surface area contributed by atoms with E-state index >= 15 is 0 Å². The van der Waals surface area contributed by atoms with Crippen LogP contribution in [-0.2, 0) is 11.2 Å². The van der Waals surface area contributed by atoms with Gasteiger partial charge in [-0.3, -0.25) is 0 Å². The topological polar surface area (TPSA) is 71.7 Å². The molecule has 13 heavy (non-hydrogen) atoms. The van der Waals surface area contributed by atoms with E-state index in [0.717, 1.165) is 5.52 Å². The normalized spacial score (nSPS) is 13.4. The van der Waals surface area contributed by atoms with E-state index in [0.29, 0.717) is 10.4 Å². The summed E-state index contributed by atoms with van der Waals surface area (Å²) in [5.74, 6) is 0. The number of aromatic amines is 2. The summed E-state index contributed by atoms with van der Waals surface area (Å²) in [7, 11) is 0. The lowest BCUT2D eigenvalue weighted by Gasteiger charge is -2.02. The van der Waals surface area contributed by atoms with Gasteiger partial charge in [-0.25, -0.2) is 4.79 Å². The molecular formula is C8H8N2O2S. The van der Waals surface area contributed by atoms with Crippen molar-refractivity contribution in [2.24, 2.45) is 0 Å². The number of nitrogens with one attached hydrogen (secondary N) is 2. The van der Waals surface area contributed by atoms with Crippen molar-refractivity contribution in [1.29, 1.82) is 0 Å². The molecule has 0 saturated heterocycles. The van der Waals surface area contributed by atoms with E-state index in [1.807, 2.05) is 0 Å². The molecule has 0 aliphatic heterocycles. The first-order valence-corrected chi connectivity index (χ1v) is 5.28. The number of rotatable bonds is 1. The summed E-state index contributed by atoms with van der Waals surface area (Å²) < 4.78 is 11.1. The maximum atomic E-state index is 11.1. The minimum Gasteiger partial charge on any atom is -0.612 e. The summed E-state index contributed by atoms with van der Waals surface area (Å²) in [4.78, 5) is 16.8. The van der Waals surface area contributed by atoms with Crippen LogP contribution in [0.2, 0.25) is 0 Å². The zero-order chi connectivity index (χ0) is 9.42. The second kappa shape index (κ2) is 2.93. The molecule has 68 valence electrons. The van der Waals surface area contributed by atoms with E-state index in [2.05, 4.69) is 9.97 Å². The molecular weight excluding hydrogens is 188 g/mol. The maximum absolute atomic E-state index is 11.1. The number of H-pyrrole nitrogens is 2. The highest BCUT2D eigenvalue weighted by molar-refractivity contribution is 7.90. The van der Waals surface area contributed by atoms with E-state index in [4.69, 9.17) is 0 Å². The van der Waals surface area contributed by atoms with E-state index in [9.17, 15) is 9.35 Å². The molecule has 0 spiro atoms. The number of imidazole rings is 1. The van der Waals surface area contributed by atoms with Crippen LogP contribution in [0.25, 0.3) is 11.0 Å². The van der Waals surface area contributed by atoms with E-state index in [1.54, 1.807) is 24.5 Å². The van der Waals surface area contributed by atoms with Crippen LogP contribution in [0.15, 0.2) is 27.9 Å². The van der Waals surface area contributed by atoms with Gasteiger partial charge in [0.2, 0.25) is 0 Å². The molecule has 0 bridgehead atoms. The minimum atomic E-state index is -1.01. The third kappa shape index (κ3) is 1.48. The largest absolute Gasteiger partial charge is 0.612 e. The highest BCUT2D eigenvalue weighted by Gasteiger charge is 2.06. The monoisotopic (exact) mass is 196 g/mol. The quantitative estimate of drug-likeness (QED) is 0.655. The molecule has 1 unspecified atom stereocenters. The second-order valence-electron chi connectivity index (χ2n) is 2.74. The molecule has 1 heterocycles. The van der Waals surface area contributed by atoms with Crippen molar-refractivity contribution in [2.75, 3.05) is 6.26 Å². The molecule has 1 aromatic heterocycles. The lowest BCUT2D eigenvalue weighted by molar-refractivity contribution is 0.601. The van der Waals surface area contributed by atoms with Gasteiger partial charge in [-0.05, 0) is 23.3 Å². The van der Waals surface area contributed by atoms with Gasteiger partial charge in [0, 0.05) is 6.07 Å². The van der Waals surface area contributed by atoms with Gasteiger partial charge in [0.15, 0.2) is 4.90 Å². The Kier molecular flexibility index (Phi) is 1.90. The SMILES string of the molecule is C[S+]([O-])c1ccc2[nH]c(=O)[nH]c2c1. The van der Waals surface area contributed by atoms with Crippen molar-refractivity contribution in [3.05, 3.63) is 28.7 Å². The zero-order valence-corrected chi connectivity index (χ0v) is 7.77. The molecule has 0 aliphatic carbocycles. The highest BCUT2D eigenvalue weighted by atomic mass is 32.2. The third-order valence-electron chi connectivity index (χ3n) is 1.82. The average molecular weight is 196 g/mol. The first-order chi connectivity index (χ1) is 6.16. The summed E-state index contributed by atoms with van der Waals surface area (Å²) in [5, 5.41) is 0. The minimum absolute atomic E-state index is 0.242. The number of benzene rings is 1. The Hall–Kier alpha value is -1.20. The summed E-state index contributed by atoms with van der Waals surface area (Å²) in [6.07, 6.45) is 1.60. The van der Waals surface area contributed by atoms with Crippen LogP contribution in [0.5, 0.6) is 0 Å². The number of hydrogen-bond donors (Lipinski definition) is 2. The smallest absolute Gasteiger partial charge is 0.323 e. The highest BCUT2D eigenvalue weighted by Crippen LogP contribution is 2.14. The number of hydrogen-bond acceptors (Lipinski definition) is 2. The Morgan fingerprint density at radius 1 is 1.31 bits per heavy atom. The van der Waals surface area contributed by atoms with Crippen LogP contribution in [-0.4, -0.2) is 20.8 Å². The molecule has 0 aliphatic rings. The molecule has 5 heteroatoms. The summed E-state index contributed by atoms with van der Waals surface area (Å²) in [6, 6.07) is 5.19. The Bertz CT molecular complexity index is 486. The van der Waals surface area contributed by atoms with Crippen molar-refractivity contribution < 1.29 is 4.55 Å². The third-order valence-corrected chi connectivity index (χ3v) is 2.74. The average Bonchev–Trinajstić information content (AvgIpc) is 2.42. The molecule has 2 aromatic rings. The van der Waals surface area contributed by atoms with E-state index < -0.39 is 11.2 Å². The second-order valence-corrected chi connectivity index (χ2v) is 4.12. The van der Waals surface area contributed by atoms with Crippen LogP contribution in [0.4, 0.5) is 0 Å². The van der Waals surface area contributed by atoms with Gasteiger partial charge < -0.3 is 14.5 Å². The molecule has 0 amide bonds. The molecule has 1 aromatic carbocycles. The number of aromatic nitrogens is 2. The molecule has 0 fully saturated rings. The fourth-order valence-electron chi connectivity index (χ4n) is 1.19. The van der Waals surface area contributed by atoms with Gasteiger partial charge in [-0.15, -0.1) is 0 Å². The van der Waals surface area contributed by atoms with Gasteiger partial charge in [0.1, 0.15) is 6.26 Å². The maximum Gasteiger partial charge on any atom is 0.323 e. The zero-order valence-electron chi connectivity index (χ0n) is 6.96. The lowest BCUT2D eigenvalue weighted by Crippen LogP contribution is -1.99. The predicted molar refractivity (Wildman–Crippen MR) is 51.3 cm³/mol. The Balaban J connectivity index is 2.68. The molecule has 1 atom stereocenters.